The molecule has 0 spiro atoms. The Balaban J connectivity index is 1.65. The average molecular weight is 296 g/mol. The summed E-state index contributed by atoms with van der Waals surface area (Å²) in [7, 11) is 1.73. The largest absolute Gasteiger partial charge is 0.388 e. The number of hydrogen-bond donors (Lipinski definition) is 2. The van der Waals surface area contributed by atoms with Crippen LogP contribution in [0, 0.1) is 5.92 Å². The number of carbonyl (C=O) groups excluding carboxylic acids is 2. The Morgan fingerprint density at radius 3 is 2.43 bits per heavy atom. The van der Waals surface area contributed by atoms with Crippen LogP contribution in [0.15, 0.2) is 0 Å². The summed E-state index contributed by atoms with van der Waals surface area (Å²) in [5.41, 5.74) is -0.697. The van der Waals surface area contributed by atoms with Gasteiger partial charge in [0.25, 0.3) is 0 Å². The lowest BCUT2D eigenvalue weighted by Gasteiger charge is -2.28. The van der Waals surface area contributed by atoms with Gasteiger partial charge in [-0.05, 0) is 25.7 Å². The minimum atomic E-state index is -0.697. The van der Waals surface area contributed by atoms with Crippen LogP contribution in [0.25, 0.3) is 0 Å². The number of likely N-dealkylation sites (N-methyl/N-ethyl adjacent to an activating group) is 1. The highest BCUT2D eigenvalue weighted by Gasteiger charge is 2.33. The normalized spacial score (nSPS) is 21.4. The van der Waals surface area contributed by atoms with E-state index >= 15 is 0 Å². The first-order valence-corrected chi connectivity index (χ1v) is 8.24. The van der Waals surface area contributed by atoms with Gasteiger partial charge >= 0.3 is 0 Å². The van der Waals surface area contributed by atoms with Gasteiger partial charge in [-0.3, -0.25) is 9.59 Å². The first-order chi connectivity index (χ1) is 10.0. The molecule has 5 nitrogen and oxygen atoms in total. The van der Waals surface area contributed by atoms with E-state index in [0.29, 0.717) is 19.5 Å². The summed E-state index contributed by atoms with van der Waals surface area (Å²) in [6.07, 6.45) is 8.18. The minimum absolute atomic E-state index is 0.0120. The number of rotatable bonds is 6. The maximum atomic E-state index is 12.0. The Kier molecular flexibility index (Phi) is 5.62. The summed E-state index contributed by atoms with van der Waals surface area (Å²) in [5.74, 6) is 0.233. The second-order valence-electron chi connectivity index (χ2n) is 6.70. The van der Waals surface area contributed by atoms with Crippen molar-refractivity contribution in [3.05, 3.63) is 0 Å². The molecular weight excluding hydrogens is 268 g/mol. The van der Waals surface area contributed by atoms with Crippen molar-refractivity contribution in [2.75, 3.05) is 20.1 Å². The number of aliphatic hydroxyl groups is 1. The number of nitrogens with one attached hydrogen (secondary N) is 1. The Morgan fingerprint density at radius 1 is 1.19 bits per heavy atom. The van der Waals surface area contributed by atoms with Crippen molar-refractivity contribution in [3.63, 3.8) is 0 Å². The smallest absolute Gasteiger partial charge is 0.224 e. The Bertz CT molecular complexity index is 372. The van der Waals surface area contributed by atoms with Gasteiger partial charge in [-0.2, -0.15) is 0 Å². The van der Waals surface area contributed by atoms with E-state index in [4.69, 9.17) is 0 Å². The quantitative estimate of drug-likeness (QED) is 0.779. The molecule has 2 rings (SSSR count). The number of nitrogens with zero attached hydrogens (tertiary/aromatic N) is 1. The average Bonchev–Trinajstić information content (AvgIpc) is 3.09. The molecule has 0 radical (unpaired) electrons. The van der Waals surface area contributed by atoms with Gasteiger partial charge in [0.05, 0.1) is 5.60 Å². The van der Waals surface area contributed by atoms with E-state index < -0.39 is 5.60 Å². The zero-order valence-corrected chi connectivity index (χ0v) is 13.1. The molecule has 2 saturated carbocycles. The van der Waals surface area contributed by atoms with Crippen molar-refractivity contribution in [2.24, 2.45) is 5.92 Å². The molecule has 120 valence electrons. The van der Waals surface area contributed by atoms with Crippen LogP contribution in [0.3, 0.4) is 0 Å². The second-order valence-corrected chi connectivity index (χ2v) is 6.70. The highest BCUT2D eigenvalue weighted by atomic mass is 16.3. The molecule has 2 aliphatic rings. The third-order valence-electron chi connectivity index (χ3n) is 4.86. The van der Waals surface area contributed by atoms with Crippen LogP contribution in [0.5, 0.6) is 0 Å². The number of hydrogen-bond acceptors (Lipinski definition) is 3. The standard InChI is InChI=1S/C16H28N2O3/c1-18(12-16(21)9-4-5-10-16)14(19)8-11-17-15(20)13-6-2-3-7-13/h13,21H,2-12H2,1H3,(H,17,20). The molecular formula is C16H28N2O3. The van der Waals surface area contributed by atoms with Crippen molar-refractivity contribution in [2.45, 2.75) is 63.4 Å². The lowest BCUT2D eigenvalue weighted by atomic mass is 10.0. The third-order valence-corrected chi connectivity index (χ3v) is 4.86. The molecule has 2 aliphatic carbocycles. The van der Waals surface area contributed by atoms with E-state index in [1.54, 1.807) is 11.9 Å². The fraction of sp³-hybridized carbons (Fsp3) is 0.875. The SMILES string of the molecule is CN(CC1(O)CCCC1)C(=O)CCNC(=O)C1CCCC1. The molecule has 21 heavy (non-hydrogen) atoms. The van der Waals surface area contributed by atoms with Crippen LogP contribution >= 0.6 is 0 Å². The summed E-state index contributed by atoms with van der Waals surface area (Å²) in [6, 6.07) is 0. The number of carbonyl (C=O) groups is 2. The van der Waals surface area contributed by atoms with Gasteiger partial charge in [-0.15, -0.1) is 0 Å². The predicted molar refractivity (Wildman–Crippen MR) is 80.6 cm³/mol. The van der Waals surface area contributed by atoms with Crippen LogP contribution in [0.1, 0.15) is 57.8 Å². The van der Waals surface area contributed by atoms with Gasteiger partial charge in [0.2, 0.25) is 11.8 Å². The van der Waals surface area contributed by atoms with Crippen LogP contribution < -0.4 is 5.32 Å². The second kappa shape index (κ2) is 7.25. The monoisotopic (exact) mass is 296 g/mol. The van der Waals surface area contributed by atoms with Gasteiger partial charge in [0.15, 0.2) is 0 Å². The lowest BCUT2D eigenvalue weighted by Crippen LogP contribution is -2.43. The van der Waals surface area contributed by atoms with Gasteiger partial charge in [0, 0.05) is 32.5 Å². The van der Waals surface area contributed by atoms with Crippen molar-refractivity contribution in [3.8, 4) is 0 Å². The molecule has 5 heteroatoms. The number of amides is 2. The predicted octanol–water partition coefficient (Wildman–Crippen LogP) is 1.45. The fourth-order valence-corrected chi connectivity index (χ4v) is 3.54. The summed E-state index contributed by atoms with van der Waals surface area (Å²) >= 11 is 0. The fourth-order valence-electron chi connectivity index (χ4n) is 3.54. The van der Waals surface area contributed by atoms with Crippen LogP contribution in [0.2, 0.25) is 0 Å². The summed E-state index contributed by atoms with van der Waals surface area (Å²) in [5, 5.41) is 13.2. The van der Waals surface area contributed by atoms with Gasteiger partial charge < -0.3 is 15.3 Å². The Hall–Kier alpha value is -1.10. The molecule has 0 saturated heterocycles. The molecule has 0 unspecified atom stereocenters. The maximum Gasteiger partial charge on any atom is 0.224 e. The van der Waals surface area contributed by atoms with Crippen molar-refractivity contribution >= 4 is 11.8 Å². The Labute approximate surface area is 127 Å². The molecule has 0 bridgehead atoms. The van der Waals surface area contributed by atoms with Crippen LogP contribution in [0.4, 0.5) is 0 Å². The van der Waals surface area contributed by atoms with Gasteiger partial charge in [0.1, 0.15) is 0 Å². The molecule has 2 amide bonds. The first-order valence-electron chi connectivity index (χ1n) is 8.24. The summed E-state index contributed by atoms with van der Waals surface area (Å²) in [6.45, 7) is 0.805. The van der Waals surface area contributed by atoms with Crippen molar-refractivity contribution in [1.82, 2.24) is 10.2 Å². The van der Waals surface area contributed by atoms with Crippen molar-refractivity contribution < 1.29 is 14.7 Å². The lowest BCUT2D eigenvalue weighted by molar-refractivity contribution is -0.133. The van der Waals surface area contributed by atoms with E-state index in [1.807, 2.05) is 0 Å². The Morgan fingerprint density at radius 2 is 1.81 bits per heavy atom. The van der Waals surface area contributed by atoms with Crippen molar-refractivity contribution in [1.29, 1.82) is 0 Å². The van der Waals surface area contributed by atoms with Crippen LogP contribution in [-0.2, 0) is 9.59 Å². The molecule has 0 aromatic carbocycles. The molecule has 2 N–H and O–H groups in total. The minimum Gasteiger partial charge on any atom is -0.388 e. The van der Waals surface area contributed by atoms with Gasteiger partial charge in [-0.25, -0.2) is 0 Å². The maximum absolute atomic E-state index is 12.0. The zero-order chi connectivity index (χ0) is 15.3. The van der Waals surface area contributed by atoms with E-state index in [1.165, 1.54) is 0 Å². The van der Waals surface area contributed by atoms with E-state index in [9.17, 15) is 14.7 Å². The third kappa shape index (κ3) is 4.70. The van der Waals surface area contributed by atoms with Crippen LogP contribution in [-0.4, -0.2) is 47.6 Å². The van der Waals surface area contributed by atoms with E-state index in [0.717, 1.165) is 51.4 Å². The molecule has 0 aromatic heterocycles. The highest BCUT2D eigenvalue weighted by Crippen LogP contribution is 2.30. The molecule has 0 atom stereocenters. The molecule has 0 aromatic rings. The summed E-state index contributed by atoms with van der Waals surface area (Å²) in [4.78, 5) is 25.5. The molecule has 2 fully saturated rings. The summed E-state index contributed by atoms with van der Waals surface area (Å²) < 4.78 is 0. The molecule has 0 heterocycles. The zero-order valence-electron chi connectivity index (χ0n) is 13.1. The van der Waals surface area contributed by atoms with Gasteiger partial charge in [-0.1, -0.05) is 25.7 Å². The topological polar surface area (TPSA) is 69.6 Å². The van der Waals surface area contributed by atoms with E-state index in [-0.39, 0.29) is 17.7 Å². The highest BCUT2D eigenvalue weighted by molar-refractivity contribution is 5.80. The van der Waals surface area contributed by atoms with E-state index in [2.05, 4.69) is 5.32 Å². The first kappa shape index (κ1) is 16.3. The molecule has 0 aliphatic heterocycles.